The fourth-order valence-corrected chi connectivity index (χ4v) is 1.89. The first-order valence-electron chi connectivity index (χ1n) is 4.08. The second-order valence-corrected chi connectivity index (χ2v) is 5.76. The van der Waals surface area contributed by atoms with Gasteiger partial charge in [-0.3, -0.25) is 0 Å². The van der Waals surface area contributed by atoms with Gasteiger partial charge in [0.2, 0.25) is 0 Å². The van der Waals surface area contributed by atoms with E-state index in [1.165, 1.54) is 4.90 Å². The van der Waals surface area contributed by atoms with Gasteiger partial charge in [0, 0.05) is 9.64 Å². The molecular formula is C11H15S. The maximum Gasteiger partial charge on any atom is 0.0122 e. The first-order chi connectivity index (χ1) is 5.47. The third-order valence-electron chi connectivity index (χ3n) is 1.35. The number of hydrogen-bond acceptors (Lipinski definition) is 1. The molecule has 0 heterocycles. The van der Waals surface area contributed by atoms with E-state index in [1.54, 1.807) is 0 Å². The summed E-state index contributed by atoms with van der Waals surface area (Å²) in [5.74, 6) is 0. The molecule has 1 heteroatoms. The normalized spacial score (nSPS) is 11.7. The third kappa shape index (κ3) is 3.31. The highest BCUT2D eigenvalue weighted by Crippen LogP contribution is 2.31. The summed E-state index contributed by atoms with van der Waals surface area (Å²) < 4.78 is 0.294. The predicted octanol–water partition coefficient (Wildman–Crippen LogP) is 3.76. The molecule has 0 N–H and O–H groups in total. The molecule has 0 bridgehead atoms. The third-order valence-corrected chi connectivity index (χ3v) is 2.47. The van der Waals surface area contributed by atoms with Gasteiger partial charge in [-0.05, 0) is 24.6 Å². The summed E-state index contributed by atoms with van der Waals surface area (Å²) in [6, 6.07) is 8.35. The molecule has 0 atom stereocenters. The van der Waals surface area contributed by atoms with Gasteiger partial charge in [-0.1, -0.05) is 32.9 Å². The van der Waals surface area contributed by atoms with Crippen molar-refractivity contribution in [2.75, 3.05) is 0 Å². The van der Waals surface area contributed by atoms with Crippen LogP contribution >= 0.6 is 11.8 Å². The zero-order valence-corrected chi connectivity index (χ0v) is 8.74. The predicted molar refractivity (Wildman–Crippen MR) is 56.5 cm³/mol. The first-order valence-corrected chi connectivity index (χ1v) is 4.90. The fourth-order valence-electron chi connectivity index (χ4n) is 0.911. The Labute approximate surface area is 79.4 Å². The van der Waals surface area contributed by atoms with Crippen molar-refractivity contribution in [3.63, 3.8) is 0 Å². The number of benzene rings is 1. The van der Waals surface area contributed by atoms with Gasteiger partial charge >= 0.3 is 0 Å². The molecule has 0 nitrogen and oxygen atoms in total. The van der Waals surface area contributed by atoms with E-state index in [2.05, 4.69) is 39.8 Å². The van der Waals surface area contributed by atoms with Crippen molar-refractivity contribution in [2.45, 2.75) is 30.4 Å². The molecule has 0 aliphatic rings. The molecule has 0 saturated heterocycles. The van der Waals surface area contributed by atoms with Crippen LogP contribution in [0.4, 0.5) is 0 Å². The number of hydrogen-bond donors (Lipinski definition) is 0. The van der Waals surface area contributed by atoms with Gasteiger partial charge in [-0.25, -0.2) is 0 Å². The molecule has 0 aromatic heterocycles. The van der Waals surface area contributed by atoms with Crippen molar-refractivity contribution in [2.24, 2.45) is 0 Å². The van der Waals surface area contributed by atoms with E-state index in [9.17, 15) is 0 Å². The maximum atomic E-state index is 3.85. The topological polar surface area (TPSA) is 0 Å². The quantitative estimate of drug-likeness (QED) is 0.591. The lowest BCUT2D eigenvalue weighted by atomic mass is 10.2. The van der Waals surface area contributed by atoms with Gasteiger partial charge in [0.15, 0.2) is 0 Å². The highest BCUT2D eigenvalue weighted by atomic mass is 32.2. The molecule has 0 unspecified atom stereocenters. The van der Waals surface area contributed by atoms with Crippen LogP contribution in [0.2, 0.25) is 0 Å². The van der Waals surface area contributed by atoms with Gasteiger partial charge in [0.1, 0.15) is 0 Å². The minimum absolute atomic E-state index is 0.294. The number of rotatable bonds is 1. The van der Waals surface area contributed by atoms with Crippen LogP contribution in [0.25, 0.3) is 0 Å². The van der Waals surface area contributed by atoms with Crippen LogP contribution < -0.4 is 0 Å². The van der Waals surface area contributed by atoms with Crippen LogP contribution in [-0.4, -0.2) is 4.75 Å². The molecule has 1 rings (SSSR count). The lowest BCUT2D eigenvalue weighted by molar-refractivity contribution is 0.803. The van der Waals surface area contributed by atoms with Gasteiger partial charge in [0.05, 0.1) is 0 Å². The largest absolute Gasteiger partial charge is 0.120 e. The van der Waals surface area contributed by atoms with Crippen LogP contribution in [0.5, 0.6) is 0 Å². The minimum Gasteiger partial charge on any atom is -0.120 e. The lowest BCUT2D eigenvalue weighted by Crippen LogP contribution is -2.06. The van der Waals surface area contributed by atoms with Crippen molar-refractivity contribution in [1.29, 1.82) is 0 Å². The molecule has 1 aromatic carbocycles. The summed E-state index contributed by atoms with van der Waals surface area (Å²) in [6.45, 7) is 10.5. The van der Waals surface area contributed by atoms with Crippen molar-refractivity contribution in [3.8, 4) is 0 Å². The SMILES string of the molecule is [CH2]c1ccc(SC(C)(C)C)cc1. The molecule has 0 fully saturated rings. The summed E-state index contributed by atoms with van der Waals surface area (Å²) in [4.78, 5) is 1.31. The average Bonchev–Trinajstić information content (AvgIpc) is 1.91. The Morgan fingerprint density at radius 2 is 1.58 bits per heavy atom. The van der Waals surface area contributed by atoms with E-state index in [1.807, 2.05) is 23.9 Å². The summed E-state index contributed by atoms with van der Waals surface area (Å²) in [7, 11) is 0. The Hall–Kier alpha value is -0.430. The van der Waals surface area contributed by atoms with Crippen molar-refractivity contribution >= 4 is 11.8 Å². The molecule has 12 heavy (non-hydrogen) atoms. The molecule has 0 amide bonds. The van der Waals surface area contributed by atoms with Gasteiger partial charge in [0.25, 0.3) is 0 Å². The van der Waals surface area contributed by atoms with E-state index in [-0.39, 0.29) is 0 Å². The lowest BCUT2D eigenvalue weighted by Gasteiger charge is -2.17. The minimum atomic E-state index is 0.294. The standard InChI is InChI=1S/C11H15S/c1-9-5-7-10(8-6-9)12-11(2,3)4/h5-8H,1H2,2-4H3. The van der Waals surface area contributed by atoms with E-state index in [4.69, 9.17) is 0 Å². The summed E-state index contributed by atoms with van der Waals surface area (Å²) in [5, 5.41) is 0. The Bertz CT molecular complexity index is 241. The van der Waals surface area contributed by atoms with Crippen LogP contribution in [0, 0.1) is 6.92 Å². The van der Waals surface area contributed by atoms with Crippen LogP contribution in [0.3, 0.4) is 0 Å². The van der Waals surface area contributed by atoms with Crippen LogP contribution in [-0.2, 0) is 0 Å². The fraction of sp³-hybridized carbons (Fsp3) is 0.364. The zero-order chi connectivity index (χ0) is 9.19. The van der Waals surface area contributed by atoms with E-state index >= 15 is 0 Å². The molecule has 0 aliphatic heterocycles. The molecule has 0 saturated carbocycles. The maximum absolute atomic E-state index is 3.85. The Morgan fingerprint density at radius 3 is 2.00 bits per heavy atom. The second-order valence-electron chi connectivity index (χ2n) is 3.86. The Kier molecular flexibility index (Phi) is 2.84. The molecule has 0 aliphatic carbocycles. The van der Waals surface area contributed by atoms with Crippen molar-refractivity contribution in [3.05, 3.63) is 36.8 Å². The summed E-state index contributed by atoms with van der Waals surface area (Å²) >= 11 is 1.88. The molecule has 1 aromatic rings. The zero-order valence-electron chi connectivity index (χ0n) is 7.92. The average molecular weight is 179 g/mol. The van der Waals surface area contributed by atoms with E-state index < -0.39 is 0 Å². The molecule has 1 radical (unpaired) electrons. The summed E-state index contributed by atoms with van der Waals surface area (Å²) in [6.07, 6.45) is 0. The van der Waals surface area contributed by atoms with E-state index in [0.717, 1.165) is 5.56 Å². The molecular weight excluding hydrogens is 164 g/mol. The smallest absolute Gasteiger partial charge is 0.0122 e. The van der Waals surface area contributed by atoms with Crippen LogP contribution in [0.1, 0.15) is 26.3 Å². The summed E-state index contributed by atoms with van der Waals surface area (Å²) in [5.41, 5.74) is 1.08. The molecule has 65 valence electrons. The van der Waals surface area contributed by atoms with Crippen molar-refractivity contribution < 1.29 is 0 Å². The Morgan fingerprint density at radius 1 is 1.08 bits per heavy atom. The number of thioether (sulfide) groups is 1. The first kappa shape index (κ1) is 9.66. The van der Waals surface area contributed by atoms with Crippen LogP contribution in [0.15, 0.2) is 29.2 Å². The highest BCUT2D eigenvalue weighted by Gasteiger charge is 2.11. The monoisotopic (exact) mass is 179 g/mol. The van der Waals surface area contributed by atoms with Gasteiger partial charge in [-0.15, -0.1) is 11.8 Å². The van der Waals surface area contributed by atoms with Crippen molar-refractivity contribution in [1.82, 2.24) is 0 Å². The van der Waals surface area contributed by atoms with Gasteiger partial charge in [-0.2, -0.15) is 0 Å². The second kappa shape index (κ2) is 3.53. The Balaban J connectivity index is 2.71. The van der Waals surface area contributed by atoms with Gasteiger partial charge < -0.3 is 0 Å². The highest BCUT2D eigenvalue weighted by molar-refractivity contribution is 8.00. The van der Waals surface area contributed by atoms with E-state index in [0.29, 0.717) is 4.75 Å². The molecule has 0 spiro atoms.